The van der Waals surface area contributed by atoms with Crippen molar-refractivity contribution in [3.05, 3.63) is 35.4 Å². The molecule has 2 rings (SSSR count). The van der Waals surface area contributed by atoms with E-state index in [1.165, 1.54) is 11.1 Å². The normalized spacial score (nSPS) is 24.6. The second-order valence-corrected chi connectivity index (χ2v) is 4.14. The van der Waals surface area contributed by atoms with Gasteiger partial charge in [0.05, 0.1) is 0 Å². The van der Waals surface area contributed by atoms with Gasteiger partial charge < -0.3 is 11.1 Å². The third kappa shape index (κ3) is 1.63. The molecule has 1 amide bonds. The zero-order chi connectivity index (χ0) is 10.9. The molecular formula is C12H16N2O. The van der Waals surface area contributed by atoms with Crippen molar-refractivity contribution in [1.29, 1.82) is 0 Å². The number of carbonyl (C=O) groups is 1. The van der Waals surface area contributed by atoms with Crippen molar-refractivity contribution >= 4 is 5.91 Å². The summed E-state index contributed by atoms with van der Waals surface area (Å²) in [5, 5.41) is 3.08. The van der Waals surface area contributed by atoms with Gasteiger partial charge in [0.2, 0.25) is 5.91 Å². The molecule has 0 spiro atoms. The zero-order valence-corrected chi connectivity index (χ0v) is 8.92. The first-order valence-corrected chi connectivity index (χ1v) is 5.23. The predicted molar refractivity (Wildman–Crippen MR) is 59.5 cm³/mol. The first-order valence-electron chi connectivity index (χ1n) is 5.23. The molecule has 15 heavy (non-hydrogen) atoms. The van der Waals surface area contributed by atoms with Crippen LogP contribution in [0.3, 0.4) is 0 Å². The van der Waals surface area contributed by atoms with Crippen LogP contribution >= 0.6 is 0 Å². The number of nitrogens with one attached hydrogen (secondary N) is 1. The van der Waals surface area contributed by atoms with Crippen molar-refractivity contribution in [2.24, 2.45) is 5.73 Å². The van der Waals surface area contributed by atoms with Crippen LogP contribution in [0.25, 0.3) is 0 Å². The molecule has 0 saturated heterocycles. The smallest absolute Gasteiger partial charge is 0.238 e. The maximum atomic E-state index is 11.5. The largest absolute Gasteiger partial charge is 0.368 e. The molecule has 0 fully saturated rings. The van der Waals surface area contributed by atoms with Gasteiger partial charge in [-0.3, -0.25) is 4.79 Å². The number of hydrogen-bond donors (Lipinski definition) is 2. The lowest BCUT2D eigenvalue weighted by molar-refractivity contribution is -0.124. The number of hydrogen-bond acceptors (Lipinski definition) is 2. The molecule has 3 heteroatoms. The summed E-state index contributed by atoms with van der Waals surface area (Å²) in [4.78, 5) is 11.5. The SMILES string of the molecule is CNC1(C(N)=O)CCc2ccccc2C1. The first kappa shape index (κ1) is 10.2. The van der Waals surface area contributed by atoms with Crippen LogP contribution < -0.4 is 11.1 Å². The Kier molecular flexibility index (Phi) is 2.49. The number of likely N-dealkylation sites (N-methyl/N-ethyl adjacent to an activating group) is 1. The standard InChI is InChI=1S/C12H16N2O/c1-14-12(11(13)15)7-6-9-4-2-3-5-10(9)8-12/h2-5,14H,6-8H2,1H3,(H2,13,15). The van der Waals surface area contributed by atoms with Crippen LogP contribution in [0.4, 0.5) is 0 Å². The fraction of sp³-hybridized carbons (Fsp3) is 0.417. The number of rotatable bonds is 2. The number of benzene rings is 1. The third-order valence-corrected chi connectivity index (χ3v) is 3.38. The molecule has 1 aliphatic carbocycles. The molecule has 3 nitrogen and oxygen atoms in total. The van der Waals surface area contributed by atoms with Gasteiger partial charge in [-0.05, 0) is 37.4 Å². The fourth-order valence-electron chi connectivity index (χ4n) is 2.28. The van der Waals surface area contributed by atoms with Gasteiger partial charge in [0.25, 0.3) is 0 Å². The maximum Gasteiger partial charge on any atom is 0.238 e. The van der Waals surface area contributed by atoms with Gasteiger partial charge in [-0.1, -0.05) is 24.3 Å². The van der Waals surface area contributed by atoms with Crippen molar-refractivity contribution in [1.82, 2.24) is 5.32 Å². The minimum atomic E-state index is -0.547. The van der Waals surface area contributed by atoms with Crippen LogP contribution in [-0.4, -0.2) is 18.5 Å². The summed E-state index contributed by atoms with van der Waals surface area (Å²) in [6.45, 7) is 0. The van der Waals surface area contributed by atoms with Crippen LogP contribution in [-0.2, 0) is 17.6 Å². The van der Waals surface area contributed by atoms with E-state index in [-0.39, 0.29) is 5.91 Å². The maximum absolute atomic E-state index is 11.5. The Labute approximate surface area is 89.7 Å². The van der Waals surface area contributed by atoms with Gasteiger partial charge in [-0.25, -0.2) is 0 Å². The Bertz CT molecular complexity index is 389. The van der Waals surface area contributed by atoms with E-state index in [2.05, 4.69) is 17.4 Å². The Hall–Kier alpha value is -1.35. The number of carbonyl (C=O) groups excluding carboxylic acids is 1. The second-order valence-electron chi connectivity index (χ2n) is 4.14. The second kappa shape index (κ2) is 3.66. The molecule has 3 N–H and O–H groups in total. The van der Waals surface area contributed by atoms with Crippen molar-refractivity contribution in [3.8, 4) is 0 Å². The van der Waals surface area contributed by atoms with Crippen LogP contribution in [0, 0.1) is 0 Å². The minimum absolute atomic E-state index is 0.250. The number of fused-ring (bicyclic) bond motifs is 1. The minimum Gasteiger partial charge on any atom is -0.368 e. The average Bonchev–Trinajstić information content (AvgIpc) is 2.28. The molecular weight excluding hydrogens is 188 g/mol. The van der Waals surface area contributed by atoms with E-state index < -0.39 is 5.54 Å². The third-order valence-electron chi connectivity index (χ3n) is 3.38. The molecule has 0 saturated carbocycles. The zero-order valence-electron chi connectivity index (χ0n) is 8.92. The average molecular weight is 204 g/mol. The first-order chi connectivity index (χ1) is 7.18. The van der Waals surface area contributed by atoms with Crippen LogP contribution in [0.2, 0.25) is 0 Å². The van der Waals surface area contributed by atoms with Gasteiger partial charge in [0.1, 0.15) is 5.54 Å². The summed E-state index contributed by atoms with van der Waals surface area (Å²) in [6, 6.07) is 8.24. The lowest BCUT2D eigenvalue weighted by Gasteiger charge is -2.35. The summed E-state index contributed by atoms with van der Waals surface area (Å²) in [5.74, 6) is -0.250. The summed E-state index contributed by atoms with van der Waals surface area (Å²) >= 11 is 0. The summed E-state index contributed by atoms with van der Waals surface area (Å²) < 4.78 is 0. The summed E-state index contributed by atoms with van der Waals surface area (Å²) in [7, 11) is 1.80. The van der Waals surface area contributed by atoms with Gasteiger partial charge in [0, 0.05) is 0 Å². The molecule has 0 aliphatic heterocycles. The van der Waals surface area contributed by atoms with Gasteiger partial charge in [-0.2, -0.15) is 0 Å². The van der Waals surface area contributed by atoms with E-state index in [4.69, 9.17) is 5.73 Å². The van der Waals surface area contributed by atoms with Crippen LogP contribution in [0.1, 0.15) is 17.5 Å². The highest BCUT2D eigenvalue weighted by Gasteiger charge is 2.37. The van der Waals surface area contributed by atoms with Crippen LogP contribution in [0.15, 0.2) is 24.3 Å². The molecule has 1 unspecified atom stereocenters. The molecule has 1 aromatic rings. The summed E-state index contributed by atoms with van der Waals surface area (Å²) in [6.07, 6.45) is 2.41. The topological polar surface area (TPSA) is 55.1 Å². The van der Waals surface area contributed by atoms with E-state index in [0.717, 1.165) is 12.8 Å². The molecule has 1 aromatic carbocycles. The monoisotopic (exact) mass is 204 g/mol. The van der Waals surface area contributed by atoms with E-state index in [1.54, 1.807) is 7.05 Å². The highest BCUT2D eigenvalue weighted by atomic mass is 16.1. The van der Waals surface area contributed by atoms with E-state index in [0.29, 0.717) is 6.42 Å². The number of nitrogens with two attached hydrogens (primary N) is 1. The van der Waals surface area contributed by atoms with Crippen molar-refractivity contribution in [3.63, 3.8) is 0 Å². The molecule has 0 radical (unpaired) electrons. The fourth-order valence-corrected chi connectivity index (χ4v) is 2.28. The molecule has 80 valence electrons. The van der Waals surface area contributed by atoms with Gasteiger partial charge >= 0.3 is 0 Å². The lowest BCUT2D eigenvalue weighted by Crippen LogP contribution is -2.57. The highest BCUT2D eigenvalue weighted by molar-refractivity contribution is 5.85. The Morgan fingerprint density at radius 3 is 2.67 bits per heavy atom. The molecule has 0 bridgehead atoms. The number of amides is 1. The van der Waals surface area contributed by atoms with Crippen LogP contribution in [0.5, 0.6) is 0 Å². The number of aryl methyl sites for hydroxylation is 1. The molecule has 1 aliphatic rings. The highest BCUT2D eigenvalue weighted by Crippen LogP contribution is 2.28. The molecule has 0 aromatic heterocycles. The van der Waals surface area contributed by atoms with E-state index in [9.17, 15) is 4.79 Å². The van der Waals surface area contributed by atoms with Crippen molar-refractivity contribution < 1.29 is 4.79 Å². The van der Waals surface area contributed by atoms with Gasteiger partial charge in [-0.15, -0.1) is 0 Å². The summed E-state index contributed by atoms with van der Waals surface area (Å²) in [5.41, 5.74) is 7.49. The van der Waals surface area contributed by atoms with E-state index >= 15 is 0 Å². The predicted octanol–water partition coefficient (Wildman–Crippen LogP) is 0.619. The molecule has 0 heterocycles. The van der Waals surface area contributed by atoms with Gasteiger partial charge in [0.15, 0.2) is 0 Å². The van der Waals surface area contributed by atoms with E-state index in [1.807, 2.05) is 12.1 Å². The Balaban J connectivity index is 2.35. The van der Waals surface area contributed by atoms with Crippen molar-refractivity contribution in [2.75, 3.05) is 7.05 Å². The quantitative estimate of drug-likeness (QED) is 0.742. The molecule has 1 atom stereocenters. The Morgan fingerprint density at radius 2 is 2.07 bits per heavy atom. The lowest BCUT2D eigenvalue weighted by atomic mass is 9.77. The number of primary amides is 1. The Morgan fingerprint density at radius 1 is 1.40 bits per heavy atom. The van der Waals surface area contributed by atoms with Crippen molar-refractivity contribution in [2.45, 2.75) is 24.8 Å².